The molecule has 22 heavy (non-hydrogen) atoms. The van der Waals surface area contributed by atoms with E-state index in [9.17, 15) is 0 Å². The number of aliphatic hydroxyl groups excluding tert-OH is 1. The van der Waals surface area contributed by atoms with Crippen LogP contribution in [0.25, 0.3) is 0 Å². The van der Waals surface area contributed by atoms with Crippen LogP contribution in [0.1, 0.15) is 31.4 Å². The van der Waals surface area contributed by atoms with E-state index in [-0.39, 0.29) is 12.7 Å². The first-order valence-corrected chi connectivity index (χ1v) is 7.75. The molecule has 0 atom stereocenters. The molecule has 2 aromatic carbocycles. The molecule has 118 valence electrons. The van der Waals surface area contributed by atoms with Crippen LogP contribution >= 0.6 is 0 Å². The van der Waals surface area contributed by atoms with Crippen molar-refractivity contribution in [3.8, 4) is 11.5 Å². The first-order valence-electron chi connectivity index (χ1n) is 7.75. The maximum absolute atomic E-state index is 8.83. The molecule has 0 aliphatic heterocycles. The second-order valence-electron chi connectivity index (χ2n) is 5.57. The summed E-state index contributed by atoms with van der Waals surface area (Å²) in [6.07, 6.45) is 1.88. The number of hydrogen-bond donors (Lipinski definition) is 1. The summed E-state index contributed by atoms with van der Waals surface area (Å²) in [6, 6.07) is 16.0. The summed E-state index contributed by atoms with van der Waals surface area (Å²) in [5.41, 5.74) is 2.33. The van der Waals surface area contributed by atoms with E-state index in [1.165, 1.54) is 5.56 Å². The second-order valence-corrected chi connectivity index (χ2v) is 5.57. The molecule has 3 heteroatoms. The number of benzene rings is 2. The Morgan fingerprint density at radius 3 is 2.05 bits per heavy atom. The maximum atomic E-state index is 8.83. The lowest BCUT2D eigenvalue weighted by atomic mass is 10.1. The molecule has 1 N–H and O–H groups in total. The summed E-state index contributed by atoms with van der Waals surface area (Å²) in [5.74, 6) is 1.74. The van der Waals surface area contributed by atoms with Crippen molar-refractivity contribution in [2.45, 2.75) is 39.4 Å². The highest BCUT2D eigenvalue weighted by Gasteiger charge is 2.00. The van der Waals surface area contributed by atoms with E-state index in [1.54, 1.807) is 0 Å². The fourth-order valence-corrected chi connectivity index (χ4v) is 2.14. The lowest BCUT2D eigenvalue weighted by Crippen LogP contribution is -2.05. The third-order valence-electron chi connectivity index (χ3n) is 3.25. The van der Waals surface area contributed by atoms with Gasteiger partial charge in [-0.05, 0) is 62.1 Å². The van der Waals surface area contributed by atoms with Crippen LogP contribution in [-0.2, 0) is 13.0 Å². The molecule has 0 spiro atoms. The predicted octanol–water partition coefficient (Wildman–Crippen LogP) is 3.98. The van der Waals surface area contributed by atoms with Gasteiger partial charge < -0.3 is 14.6 Å². The molecule has 0 aromatic heterocycles. The van der Waals surface area contributed by atoms with Crippen molar-refractivity contribution >= 4 is 0 Å². The van der Waals surface area contributed by atoms with Gasteiger partial charge in [-0.2, -0.15) is 0 Å². The molecule has 0 aliphatic rings. The number of rotatable bonds is 8. The van der Waals surface area contributed by atoms with Gasteiger partial charge >= 0.3 is 0 Å². The van der Waals surface area contributed by atoms with Crippen LogP contribution in [0.2, 0.25) is 0 Å². The Morgan fingerprint density at radius 1 is 0.864 bits per heavy atom. The standard InChI is InChI=1S/C19H24O3/c1-15(2)22-19-11-7-17(8-12-19)14-21-18-9-5-16(6-10-18)4-3-13-20/h5-12,15,20H,3-4,13-14H2,1-2H3. The molecule has 0 fully saturated rings. The van der Waals surface area contributed by atoms with Crippen LogP contribution in [0.4, 0.5) is 0 Å². The lowest BCUT2D eigenvalue weighted by molar-refractivity contribution is 0.242. The zero-order valence-electron chi connectivity index (χ0n) is 13.3. The Hall–Kier alpha value is -2.00. The van der Waals surface area contributed by atoms with E-state index in [0.29, 0.717) is 6.61 Å². The van der Waals surface area contributed by atoms with Gasteiger partial charge in [0.15, 0.2) is 0 Å². The van der Waals surface area contributed by atoms with Gasteiger partial charge in [0.25, 0.3) is 0 Å². The van der Waals surface area contributed by atoms with E-state index < -0.39 is 0 Å². The topological polar surface area (TPSA) is 38.7 Å². The molecule has 0 aliphatic carbocycles. The van der Waals surface area contributed by atoms with Gasteiger partial charge in [0.05, 0.1) is 6.10 Å². The smallest absolute Gasteiger partial charge is 0.119 e. The molecular formula is C19H24O3. The van der Waals surface area contributed by atoms with E-state index in [0.717, 1.165) is 29.9 Å². The molecule has 0 unspecified atom stereocenters. The Bertz CT molecular complexity index is 544. The minimum absolute atomic E-state index is 0.187. The van der Waals surface area contributed by atoms with Crippen LogP contribution in [0.5, 0.6) is 11.5 Å². The van der Waals surface area contributed by atoms with Gasteiger partial charge in [-0.3, -0.25) is 0 Å². The summed E-state index contributed by atoms with van der Waals surface area (Å²) in [4.78, 5) is 0. The molecular weight excluding hydrogens is 276 g/mol. The fraction of sp³-hybridized carbons (Fsp3) is 0.368. The highest BCUT2D eigenvalue weighted by atomic mass is 16.5. The zero-order valence-corrected chi connectivity index (χ0v) is 13.3. The minimum atomic E-state index is 0.187. The Morgan fingerprint density at radius 2 is 1.45 bits per heavy atom. The zero-order chi connectivity index (χ0) is 15.8. The Balaban J connectivity index is 1.84. The molecule has 3 nitrogen and oxygen atoms in total. The molecule has 2 rings (SSSR count). The van der Waals surface area contributed by atoms with Gasteiger partial charge in [-0.25, -0.2) is 0 Å². The first kappa shape index (κ1) is 16.4. The monoisotopic (exact) mass is 300 g/mol. The van der Waals surface area contributed by atoms with E-state index in [4.69, 9.17) is 14.6 Å². The normalized spacial score (nSPS) is 10.7. The summed E-state index contributed by atoms with van der Waals surface area (Å²) in [5, 5.41) is 8.83. The summed E-state index contributed by atoms with van der Waals surface area (Å²) >= 11 is 0. The lowest BCUT2D eigenvalue weighted by Gasteiger charge is -2.11. The summed E-state index contributed by atoms with van der Waals surface area (Å²) < 4.78 is 11.4. The van der Waals surface area contributed by atoms with Crippen LogP contribution in [0.3, 0.4) is 0 Å². The predicted molar refractivity (Wildman–Crippen MR) is 88.4 cm³/mol. The number of aliphatic hydroxyl groups is 1. The Labute approximate surface area is 132 Å². The first-order chi connectivity index (χ1) is 10.7. The maximum Gasteiger partial charge on any atom is 0.119 e. The van der Waals surface area contributed by atoms with Crippen molar-refractivity contribution in [2.24, 2.45) is 0 Å². The number of ether oxygens (including phenoxy) is 2. The van der Waals surface area contributed by atoms with E-state index in [1.807, 2.05) is 62.4 Å². The molecule has 0 radical (unpaired) electrons. The highest BCUT2D eigenvalue weighted by molar-refractivity contribution is 5.29. The van der Waals surface area contributed by atoms with E-state index in [2.05, 4.69) is 0 Å². The summed E-state index contributed by atoms with van der Waals surface area (Å²) in [6.45, 7) is 4.80. The van der Waals surface area contributed by atoms with Crippen LogP contribution in [0.15, 0.2) is 48.5 Å². The van der Waals surface area contributed by atoms with Crippen molar-refractivity contribution in [3.63, 3.8) is 0 Å². The molecule has 0 saturated heterocycles. The second kappa shape index (κ2) is 8.44. The van der Waals surface area contributed by atoms with Crippen molar-refractivity contribution < 1.29 is 14.6 Å². The average molecular weight is 300 g/mol. The average Bonchev–Trinajstić information content (AvgIpc) is 2.53. The number of hydrogen-bond acceptors (Lipinski definition) is 3. The molecule has 0 bridgehead atoms. The van der Waals surface area contributed by atoms with Gasteiger partial charge in [0, 0.05) is 6.61 Å². The highest BCUT2D eigenvalue weighted by Crippen LogP contribution is 2.17. The minimum Gasteiger partial charge on any atom is -0.491 e. The molecule has 0 saturated carbocycles. The SMILES string of the molecule is CC(C)Oc1ccc(COc2ccc(CCCO)cc2)cc1. The Kier molecular flexibility index (Phi) is 6.28. The quantitative estimate of drug-likeness (QED) is 0.801. The van der Waals surface area contributed by atoms with Crippen molar-refractivity contribution in [1.82, 2.24) is 0 Å². The van der Waals surface area contributed by atoms with Gasteiger partial charge in [0.1, 0.15) is 18.1 Å². The van der Waals surface area contributed by atoms with Crippen LogP contribution < -0.4 is 9.47 Å². The van der Waals surface area contributed by atoms with Gasteiger partial charge in [0.2, 0.25) is 0 Å². The van der Waals surface area contributed by atoms with Crippen molar-refractivity contribution in [3.05, 3.63) is 59.7 Å². The van der Waals surface area contributed by atoms with Crippen LogP contribution in [-0.4, -0.2) is 17.8 Å². The van der Waals surface area contributed by atoms with Crippen molar-refractivity contribution in [2.75, 3.05) is 6.61 Å². The van der Waals surface area contributed by atoms with Crippen molar-refractivity contribution in [1.29, 1.82) is 0 Å². The van der Waals surface area contributed by atoms with E-state index >= 15 is 0 Å². The molecule has 0 amide bonds. The van der Waals surface area contributed by atoms with Gasteiger partial charge in [-0.15, -0.1) is 0 Å². The third-order valence-corrected chi connectivity index (χ3v) is 3.25. The van der Waals surface area contributed by atoms with Crippen LogP contribution in [0, 0.1) is 0 Å². The third kappa shape index (κ3) is 5.41. The van der Waals surface area contributed by atoms with Gasteiger partial charge in [-0.1, -0.05) is 24.3 Å². The largest absolute Gasteiger partial charge is 0.491 e. The fourth-order valence-electron chi connectivity index (χ4n) is 2.14. The molecule has 2 aromatic rings. The number of aryl methyl sites for hydroxylation is 1. The summed E-state index contributed by atoms with van der Waals surface area (Å²) in [7, 11) is 0. The molecule has 0 heterocycles.